The Morgan fingerprint density at radius 2 is 1.55 bits per heavy atom. The molecule has 2 rings (SSSR count). The molecule has 1 aromatic carbocycles. The number of amides is 1. The Morgan fingerprint density at radius 1 is 1.09 bits per heavy atom. The fourth-order valence-corrected chi connectivity index (χ4v) is 1.93. The predicted octanol–water partition coefficient (Wildman–Crippen LogP) is 4.66. The molecule has 126 valence electrons. The van der Waals surface area contributed by atoms with Crippen LogP contribution in [0.4, 0.5) is 10.5 Å². The number of hydrogen-bond acceptors (Lipinski definition) is 3. The highest BCUT2D eigenvalue weighted by Crippen LogP contribution is 2.28. The van der Waals surface area contributed by atoms with E-state index in [0.29, 0.717) is 5.92 Å². The molecule has 1 saturated heterocycles. The standard InChI is InChI=1S/C14H20N2O2.2C2H6/c1-14(2,3)18-13(17)16-8-11(9-16)10-4-6-12(15)7-5-10;2*1-2/h4-7,11H,8-9,15H2,1-3H3;2*1-2H3. The summed E-state index contributed by atoms with van der Waals surface area (Å²) in [6.07, 6.45) is -0.228. The van der Waals surface area contributed by atoms with Crippen molar-refractivity contribution in [1.29, 1.82) is 0 Å². The Labute approximate surface area is 135 Å². The zero-order valence-corrected chi connectivity index (χ0v) is 15.1. The monoisotopic (exact) mass is 308 g/mol. The highest BCUT2D eigenvalue weighted by molar-refractivity contribution is 5.69. The van der Waals surface area contributed by atoms with Gasteiger partial charge in [0.05, 0.1) is 0 Å². The van der Waals surface area contributed by atoms with E-state index >= 15 is 0 Å². The first-order valence-corrected chi connectivity index (χ1v) is 8.18. The van der Waals surface area contributed by atoms with Gasteiger partial charge in [-0.3, -0.25) is 0 Å². The maximum absolute atomic E-state index is 11.8. The van der Waals surface area contributed by atoms with Crippen molar-refractivity contribution in [1.82, 2.24) is 4.90 Å². The highest BCUT2D eigenvalue weighted by atomic mass is 16.6. The van der Waals surface area contributed by atoms with Crippen molar-refractivity contribution in [2.45, 2.75) is 60.0 Å². The SMILES string of the molecule is CC.CC.CC(C)(C)OC(=O)N1CC(c2ccc(N)cc2)C1. The molecule has 0 saturated carbocycles. The third-order valence-electron chi connectivity index (χ3n) is 2.94. The zero-order valence-electron chi connectivity index (χ0n) is 15.1. The molecule has 1 fully saturated rings. The van der Waals surface area contributed by atoms with Crippen molar-refractivity contribution < 1.29 is 9.53 Å². The van der Waals surface area contributed by atoms with Gasteiger partial charge in [-0.25, -0.2) is 4.79 Å². The van der Waals surface area contributed by atoms with E-state index in [1.165, 1.54) is 5.56 Å². The van der Waals surface area contributed by atoms with Gasteiger partial charge in [0, 0.05) is 24.7 Å². The van der Waals surface area contributed by atoms with Crippen LogP contribution in [0.3, 0.4) is 0 Å². The van der Waals surface area contributed by atoms with E-state index in [-0.39, 0.29) is 6.09 Å². The summed E-state index contributed by atoms with van der Waals surface area (Å²) in [5.41, 5.74) is 7.21. The van der Waals surface area contributed by atoms with Crippen molar-refractivity contribution in [3.8, 4) is 0 Å². The van der Waals surface area contributed by atoms with Crippen molar-refractivity contribution in [3.63, 3.8) is 0 Å². The van der Waals surface area contributed by atoms with E-state index < -0.39 is 5.60 Å². The van der Waals surface area contributed by atoms with Crippen LogP contribution >= 0.6 is 0 Å². The molecule has 22 heavy (non-hydrogen) atoms. The van der Waals surface area contributed by atoms with Gasteiger partial charge in [0.25, 0.3) is 0 Å². The molecule has 0 unspecified atom stereocenters. The van der Waals surface area contributed by atoms with E-state index in [9.17, 15) is 4.79 Å². The third kappa shape index (κ3) is 6.37. The summed E-state index contributed by atoms with van der Waals surface area (Å²) in [5, 5.41) is 0. The predicted molar refractivity (Wildman–Crippen MR) is 94.1 cm³/mol. The minimum absolute atomic E-state index is 0.228. The Balaban J connectivity index is 0.00000102. The van der Waals surface area contributed by atoms with Crippen LogP contribution in [0.15, 0.2) is 24.3 Å². The molecule has 4 nitrogen and oxygen atoms in total. The molecule has 0 radical (unpaired) electrons. The maximum Gasteiger partial charge on any atom is 0.410 e. The molecule has 0 aromatic heterocycles. The molecular formula is C18H32N2O2. The first kappa shape index (κ1) is 20.3. The minimum atomic E-state index is -0.427. The molecule has 1 aromatic rings. The number of rotatable bonds is 1. The first-order valence-electron chi connectivity index (χ1n) is 8.18. The summed E-state index contributed by atoms with van der Waals surface area (Å²) < 4.78 is 5.31. The van der Waals surface area contributed by atoms with Crippen LogP contribution < -0.4 is 5.73 Å². The van der Waals surface area contributed by atoms with Gasteiger partial charge in [-0.05, 0) is 38.5 Å². The average molecular weight is 308 g/mol. The second-order valence-corrected chi connectivity index (χ2v) is 5.75. The van der Waals surface area contributed by atoms with E-state index in [4.69, 9.17) is 10.5 Å². The fraction of sp³-hybridized carbons (Fsp3) is 0.611. The largest absolute Gasteiger partial charge is 0.444 e. The van der Waals surface area contributed by atoms with Crippen LogP contribution in [0, 0.1) is 0 Å². The lowest BCUT2D eigenvalue weighted by atomic mass is 9.92. The number of nitrogens with zero attached hydrogens (tertiary/aromatic N) is 1. The molecule has 1 aliphatic rings. The molecule has 1 heterocycles. The Morgan fingerprint density at radius 3 is 1.95 bits per heavy atom. The minimum Gasteiger partial charge on any atom is -0.444 e. The number of benzene rings is 1. The van der Waals surface area contributed by atoms with Crippen molar-refractivity contribution in [2.24, 2.45) is 0 Å². The summed E-state index contributed by atoms with van der Waals surface area (Å²) in [6, 6.07) is 7.83. The van der Waals surface area contributed by atoms with Gasteiger partial charge in [-0.15, -0.1) is 0 Å². The maximum atomic E-state index is 11.8. The van der Waals surface area contributed by atoms with Gasteiger partial charge in [-0.1, -0.05) is 39.8 Å². The fourth-order valence-electron chi connectivity index (χ4n) is 1.93. The summed E-state index contributed by atoms with van der Waals surface area (Å²) in [5.74, 6) is 0.401. The van der Waals surface area contributed by atoms with Gasteiger partial charge >= 0.3 is 6.09 Å². The van der Waals surface area contributed by atoms with Crippen LogP contribution in [0.25, 0.3) is 0 Å². The number of ether oxygens (including phenoxy) is 1. The second kappa shape index (κ2) is 9.34. The smallest absolute Gasteiger partial charge is 0.410 e. The van der Waals surface area contributed by atoms with E-state index in [0.717, 1.165) is 18.8 Å². The second-order valence-electron chi connectivity index (χ2n) is 5.75. The van der Waals surface area contributed by atoms with E-state index in [1.807, 2.05) is 72.7 Å². The molecule has 0 bridgehead atoms. The number of nitrogen functional groups attached to an aromatic ring is 1. The van der Waals surface area contributed by atoms with Crippen LogP contribution in [-0.2, 0) is 4.74 Å². The third-order valence-corrected chi connectivity index (χ3v) is 2.94. The Kier molecular flexibility index (Phi) is 8.61. The molecule has 0 aliphatic carbocycles. The van der Waals surface area contributed by atoms with Crippen molar-refractivity contribution in [2.75, 3.05) is 18.8 Å². The van der Waals surface area contributed by atoms with Crippen LogP contribution in [0.1, 0.15) is 59.9 Å². The van der Waals surface area contributed by atoms with Crippen molar-refractivity contribution in [3.05, 3.63) is 29.8 Å². The van der Waals surface area contributed by atoms with Crippen LogP contribution in [0.2, 0.25) is 0 Å². The van der Waals surface area contributed by atoms with Gasteiger partial charge in [0.1, 0.15) is 5.60 Å². The Bertz CT molecular complexity index is 429. The molecule has 1 aliphatic heterocycles. The number of carbonyl (C=O) groups is 1. The molecule has 1 amide bonds. The molecular weight excluding hydrogens is 276 g/mol. The Hall–Kier alpha value is -1.71. The van der Waals surface area contributed by atoms with E-state index in [2.05, 4.69) is 0 Å². The summed E-state index contributed by atoms with van der Waals surface area (Å²) in [4.78, 5) is 13.5. The number of hydrogen-bond donors (Lipinski definition) is 1. The van der Waals surface area contributed by atoms with E-state index in [1.54, 1.807) is 4.90 Å². The normalized spacial score (nSPS) is 13.9. The summed E-state index contributed by atoms with van der Waals surface area (Å²) in [6.45, 7) is 15.1. The quantitative estimate of drug-likeness (QED) is 0.768. The number of likely N-dealkylation sites (tertiary alicyclic amines) is 1. The zero-order chi connectivity index (χ0) is 17.3. The van der Waals surface area contributed by atoms with Gasteiger partial charge < -0.3 is 15.4 Å². The van der Waals surface area contributed by atoms with Gasteiger partial charge in [-0.2, -0.15) is 0 Å². The summed E-state index contributed by atoms with van der Waals surface area (Å²) in [7, 11) is 0. The number of nitrogens with two attached hydrogens (primary N) is 1. The van der Waals surface area contributed by atoms with Crippen LogP contribution in [-0.4, -0.2) is 29.7 Å². The van der Waals surface area contributed by atoms with Crippen molar-refractivity contribution >= 4 is 11.8 Å². The molecule has 0 atom stereocenters. The highest BCUT2D eigenvalue weighted by Gasteiger charge is 2.34. The van der Waals surface area contributed by atoms with Gasteiger partial charge in [0.2, 0.25) is 0 Å². The molecule has 2 N–H and O–H groups in total. The summed E-state index contributed by atoms with van der Waals surface area (Å²) >= 11 is 0. The van der Waals surface area contributed by atoms with Crippen LogP contribution in [0.5, 0.6) is 0 Å². The number of anilines is 1. The lowest BCUT2D eigenvalue weighted by Crippen LogP contribution is -2.50. The molecule has 0 spiro atoms. The lowest BCUT2D eigenvalue weighted by Gasteiger charge is -2.40. The average Bonchev–Trinajstić information content (AvgIpc) is 2.42. The molecule has 4 heteroatoms. The topological polar surface area (TPSA) is 55.6 Å². The lowest BCUT2D eigenvalue weighted by molar-refractivity contribution is 0.00820. The van der Waals surface area contributed by atoms with Gasteiger partial charge in [0.15, 0.2) is 0 Å². The first-order chi connectivity index (χ1) is 10.3. The number of carbonyl (C=O) groups excluding carboxylic acids is 1.